The van der Waals surface area contributed by atoms with E-state index in [4.69, 9.17) is 25.8 Å². The van der Waals surface area contributed by atoms with Gasteiger partial charge in [0.05, 0.1) is 25.5 Å². The molecular weight excluding hydrogens is 414 g/mol. The first-order valence-electron chi connectivity index (χ1n) is 7.08. The van der Waals surface area contributed by atoms with Crippen LogP contribution in [0.4, 0.5) is 5.69 Å². The van der Waals surface area contributed by atoms with Gasteiger partial charge in [-0.2, -0.15) is 0 Å². The maximum Gasteiger partial charge on any atom is 0.339 e. The number of rotatable bonds is 6. The molecule has 0 aliphatic carbocycles. The molecule has 2 aromatic carbocycles. The molecule has 0 aliphatic heterocycles. The van der Waals surface area contributed by atoms with Gasteiger partial charge >= 0.3 is 5.97 Å². The quantitative estimate of drug-likeness (QED) is 0.706. The molecule has 0 spiro atoms. The molecular formula is C17H15BrClNO5. The number of anilines is 1. The van der Waals surface area contributed by atoms with Gasteiger partial charge in [-0.1, -0.05) is 11.6 Å². The van der Waals surface area contributed by atoms with Crippen molar-refractivity contribution < 1.29 is 23.8 Å². The summed E-state index contributed by atoms with van der Waals surface area (Å²) in [4.78, 5) is 24.1. The number of nitrogens with one attached hydrogen (secondary N) is 1. The van der Waals surface area contributed by atoms with E-state index in [2.05, 4.69) is 21.2 Å². The van der Waals surface area contributed by atoms with E-state index < -0.39 is 18.5 Å². The third kappa shape index (κ3) is 5.11. The molecule has 0 aromatic heterocycles. The maximum atomic E-state index is 12.1. The number of halogens is 2. The molecule has 0 radical (unpaired) electrons. The summed E-state index contributed by atoms with van der Waals surface area (Å²) in [5.74, 6) is -0.227. The summed E-state index contributed by atoms with van der Waals surface area (Å²) in [5, 5.41) is 3.02. The molecule has 0 heterocycles. The minimum atomic E-state index is -0.654. The molecule has 1 amide bonds. The molecule has 8 heteroatoms. The van der Waals surface area contributed by atoms with Crippen LogP contribution in [-0.2, 0) is 9.53 Å². The average Bonchev–Trinajstić information content (AvgIpc) is 2.60. The van der Waals surface area contributed by atoms with Gasteiger partial charge in [-0.15, -0.1) is 0 Å². The highest BCUT2D eigenvalue weighted by molar-refractivity contribution is 9.10. The zero-order chi connectivity index (χ0) is 18.4. The molecule has 6 nitrogen and oxygen atoms in total. The van der Waals surface area contributed by atoms with E-state index in [1.165, 1.54) is 20.3 Å². The van der Waals surface area contributed by atoms with Crippen LogP contribution in [0, 0.1) is 0 Å². The van der Waals surface area contributed by atoms with Crippen LogP contribution in [-0.4, -0.2) is 32.7 Å². The Labute approximate surface area is 158 Å². The zero-order valence-electron chi connectivity index (χ0n) is 13.5. The first kappa shape index (κ1) is 19.1. The smallest absolute Gasteiger partial charge is 0.339 e. The lowest BCUT2D eigenvalue weighted by Gasteiger charge is -2.11. The molecule has 1 N–H and O–H groups in total. The van der Waals surface area contributed by atoms with Crippen molar-refractivity contribution in [3.05, 3.63) is 51.5 Å². The van der Waals surface area contributed by atoms with Gasteiger partial charge in [0.25, 0.3) is 5.91 Å². The zero-order valence-corrected chi connectivity index (χ0v) is 15.8. The Kier molecular flexibility index (Phi) is 6.66. The number of methoxy groups -OCH3 is 2. The topological polar surface area (TPSA) is 73.9 Å². The van der Waals surface area contributed by atoms with Crippen LogP contribution in [0.25, 0.3) is 0 Å². The van der Waals surface area contributed by atoms with Crippen LogP contribution >= 0.6 is 27.5 Å². The second kappa shape index (κ2) is 8.73. The van der Waals surface area contributed by atoms with Gasteiger partial charge < -0.3 is 19.5 Å². The third-order valence-corrected chi connectivity index (χ3v) is 4.09. The van der Waals surface area contributed by atoms with Crippen molar-refractivity contribution in [2.24, 2.45) is 0 Å². The van der Waals surface area contributed by atoms with Gasteiger partial charge in [-0.25, -0.2) is 4.79 Å². The predicted octanol–water partition coefficient (Wildman–Crippen LogP) is 3.92. The van der Waals surface area contributed by atoms with Crippen molar-refractivity contribution in [1.82, 2.24) is 0 Å². The lowest BCUT2D eigenvalue weighted by Crippen LogP contribution is -2.21. The van der Waals surface area contributed by atoms with Gasteiger partial charge in [-0.3, -0.25) is 4.79 Å². The molecule has 0 saturated heterocycles. The van der Waals surface area contributed by atoms with Crippen LogP contribution < -0.4 is 14.8 Å². The lowest BCUT2D eigenvalue weighted by molar-refractivity contribution is -0.119. The van der Waals surface area contributed by atoms with E-state index >= 15 is 0 Å². The molecule has 0 fully saturated rings. The predicted molar refractivity (Wildman–Crippen MR) is 97.6 cm³/mol. The summed E-state index contributed by atoms with van der Waals surface area (Å²) in [7, 11) is 2.96. The summed E-state index contributed by atoms with van der Waals surface area (Å²) >= 11 is 9.16. The molecule has 25 heavy (non-hydrogen) atoms. The van der Waals surface area contributed by atoms with Gasteiger partial charge in [0.15, 0.2) is 6.61 Å². The van der Waals surface area contributed by atoms with E-state index in [0.717, 1.165) is 0 Å². The second-order valence-corrected chi connectivity index (χ2v) is 6.11. The average molecular weight is 429 g/mol. The Hall–Kier alpha value is -2.25. The Balaban J connectivity index is 2.00. The highest BCUT2D eigenvalue weighted by atomic mass is 79.9. The standard InChI is InChI=1S/C17H15BrClNO5/c1-23-11-4-5-13(18)12(8-11)17(22)25-9-16(21)20-14-7-10(19)3-6-15(14)24-2/h3-8H,9H2,1-2H3,(H,20,21). The van der Waals surface area contributed by atoms with Gasteiger partial charge in [0, 0.05) is 9.50 Å². The molecule has 132 valence electrons. The van der Waals surface area contributed by atoms with E-state index in [0.29, 0.717) is 26.7 Å². The highest BCUT2D eigenvalue weighted by Crippen LogP contribution is 2.27. The number of amides is 1. The molecule has 0 aliphatic rings. The molecule has 0 saturated carbocycles. The Morgan fingerprint density at radius 3 is 2.56 bits per heavy atom. The number of hydrogen-bond acceptors (Lipinski definition) is 5. The van der Waals surface area contributed by atoms with E-state index in [-0.39, 0.29) is 5.56 Å². The molecule has 0 bridgehead atoms. The van der Waals surface area contributed by atoms with Crippen molar-refractivity contribution in [3.63, 3.8) is 0 Å². The first-order valence-corrected chi connectivity index (χ1v) is 8.25. The molecule has 0 unspecified atom stereocenters. The third-order valence-electron chi connectivity index (χ3n) is 3.16. The lowest BCUT2D eigenvalue weighted by atomic mass is 10.2. The Bertz CT molecular complexity index is 797. The van der Waals surface area contributed by atoms with Crippen molar-refractivity contribution in [2.45, 2.75) is 0 Å². The number of carbonyl (C=O) groups is 2. The van der Waals surface area contributed by atoms with Crippen molar-refractivity contribution in [1.29, 1.82) is 0 Å². The van der Waals surface area contributed by atoms with Crippen LogP contribution in [0.2, 0.25) is 5.02 Å². The minimum absolute atomic E-state index is 0.257. The van der Waals surface area contributed by atoms with E-state index in [1.54, 1.807) is 30.3 Å². The maximum absolute atomic E-state index is 12.1. The number of esters is 1. The van der Waals surface area contributed by atoms with Gasteiger partial charge in [0.1, 0.15) is 11.5 Å². The Morgan fingerprint density at radius 2 is 1.88 bits per heavy atom. The van der Waals surface area contributed by atoms with Crippen molar-refractivity contribution >= 4 is 45.1 Å². The summed E-state index contributed by atoms with van der Waals surface area (Å²) in [6.45, 7) is -0.460. The summed E-state index contributed by atoms with van der Waals surface area (Å²) in [6.07, 6.45) is 0. The van der Waals surface area contributed by atoms with Crippen molar-refractivity contribution in [3.8, 4) is 11.5 Å². The second-order valence-electron chi connectivity index (χ2n) is 4.81. The van der Waals surface area contributed by atoms with Crippen molar-refractivity contribution in [2.75, 3.05) is 26.1 Å². The molecule has 2 aromatic rings. The highest BCUT2D eigenvalue weighted by Gasteiger charge is 2.15. The van der Waals surface area contributed by atoms with E-state index in [1.807, 2.05) is 0 Å². The van der Waals surface area contributed by atoms with Crippen LogP contribution in [0.1, 0.15) is 10.4 Å². The van der Waals surface area contributed by atoms with E-state index in [9.17, 15) is 9.59 Å². The normalized spacial score (nSPS) is 10.1. The van der Waals surface area contributed by atoms with Crippen LogP contribution in [0.5, 0.6) is 11.5 Å². The first-order chi connectivity index (χ1) is 11.9. The summed E-state index contributed by atoms with van der Waals surface area (Å²) in [5.41, 5.74) is 0.645. The van der Waals surface area contributed by atoms with Crippen LogP contribution in [0.3, 0.4) is 0 Å². The van der Waals surface area contributed by atoms with Gasteiger partial charge in [0.2, 0.25) is 0 Å². The SMILES string of the molecule is COc1ccc(Br)c(C(=O)OCC(=O)Nc2cc(Cl)ccc2OC)c1. The molecule has 0 atom stereocenters. The number of carbonyl (C=O) groups excluding carboxylic acids is 2. The number of benzene rings is 2. The fourth-order valence-electron chi connectivity index (χ4n) is 1.96. The Morgan fingerprint density at radius 1 is 1.12 bits per heavy atom. The largest absolute Gasteiger partial charge is 0.497 e. The fourth-order valence-corrected chi connectivity index (χ4v) is 2.54. The summed E-state index contributed by atoms with van der Waals surface area (Å²) < 4.78 is 15.8. The number of ether oxygens (including phenoxy) is 3. The minimum Gasteiger partial charge on any atom is -0.497 e. The monoisotopic (exact) mass is 427 g/mol. The fraction of sp³-hybridized carbons (Fsp3) is 0.176. The summed E-state index contributed by atoms with van der Waals surface area (Å²) in [6, 6.07) is 9.67. The van der Waals surface area contributed by atoms with Crippen LogP contribution in [0.15, 0.2) is 40.9 Å². The number of hydrogen-bond donors (Lipinski definition) is 1. The molecule has 2 rings (SSSR count). The van der Waals surface area contributed by atoms with Gasteiger partial charge in [-0.05, 0) is 52.3 Å².